The van der Waals surface area contributed by atoms with Crippen LogP contribution in [0.2, 0.25) is 8.87 Å². The molecule has 7 heteroatoms. The maximum absolute atomic E-state index is 10.7. The molecule has 6 nitrogen and oxygen atoms in total. The van der Waals surface area contributed by atoms with Crippen LogP contribution in [-0.2, 0) is 15.6 Å². The maximum atomic E-state index is 10.7. The summed E-state index contributed by atoms with van der Waals surface area (Å²) in [5, 5.41) is 20.4. The van der Waals surface area contributed by atoms with Crippen molar-refractivity contribution in [2.45, 2.75) is 125 Å². The van der Waals surface area contributed by atoms with Crippen LogP contribution in [0.25, 0.3) is 0 Å². The van der Waals surface area contributed by atoms with E-state index in [1.807, 2.05) is 0 Å². The topological polar surface area (TPSA) is 77.4 Å². The number of aliphatic hydroxyl groups is 2. The molecule has 2 aliphatic rings. The van der Waals surface area contributed by atoms with Gasteiger partial charge in [-0.15, -0.1) is 0 Å². The van der Waals surface area contributed by atoms with Gasteiger partial charge in [0.05, 0.1) is 0 Å². The molecule has 172 valence electrons. The van der Waals surface area contributed by atoms with Crippen LogP contribution in [-0.4, -0.2) is 73.3 Å². The zero-order valence-electron chi connectivity index (χ0n) is 18.8. The molecular formula is C22H44O6Sn. The molecule has 0 aromatic heterocycles. The van der Waals surface area contributed by atoms with Crippen molar-refractivity contribution in [1.29, 1.82) is 0 Å². The van der Waals surface area contributed by atoms with Gasteiger partial charge in [-0.25, -0.2) is 0 Å². The van der Waals surface area contributed by atoms with E-state index < -0.39 is 43.8 Å². The Morgan fingerprint density at radius 3 is 2.00 bits per heavy atom. The fraction of sp³-hybridized carbons (Fsp3) is 1.00. The van der Waals surface area contributed by atoms with E-state index in [9.17, 15) is 10.2 Å². The summed E-state index contributed by atoms with van der Waals surface area (Å²) in [6, 6.07) is 0. The minimum atomic E-state index is -3.28. The molecular weight excluding hydrogens is 479 g/mol. The van der Waals surface area contributed by atoms with E-state index in [-0.39, 0.29) is 12.7 Å². The normalized spacial score (nSPS) is 31.1. The fourth-order valence-electron chi connectivity index (χ4n) is 4.29. The molecule has 2 fully saturated rings. The van der Waals surface area contributed by atoms with E-state index in [0.29, 0.717) is 6.61 Å². The van der Waals surface area contributed by atoms with Gasteiger partial charge in [-0.3, -0.25) is 0 Å². The number of rotatable bonds is 15. The molecule has 5 atom stereocenters. The second-order valence-electron chi connectivity index (χ2n) is 8.64. The number of fused-ring (bicyclic) bond motifs is 1. The van der Waals surface area contributed by atoms with Gasteiger partial charge in [-0.1, -0.05) is 0 Å². The van der Waals surface area contributed by atoms with Crippen LogP contribution in [0.5, 0.6) is 0 Å². The molecule has 2 aliphatic heterocycles. The fourth-order valence-corrected chi connectivity index (χ4v) is 15.9. The summed E-state index contributed by atoms with van der Waals surface area (Å²) < 4.78 is 27.2. The Labute approximate surface area is 182 Å². The summed E-state index contributed by atoms with van der Waals surface area (Å²) in [7, 11) is 0. The zero-order valence-corrected chi connectivity index (χ0v) is 21.7. The van der Waals surface area contributed by atoms with E-state index in [0.717, 1.165) is 47.4 Å². The van der Waals surface area contributed by atoms with Gasteiger partial charge in [0.15, 0.2) is 0 Å². The van der Waals surface area contributed by atoms with Crippen molar-refractivity contribution >= 4 is 19.2 Å². The molecule has 0 aromatic carbocycles. The van der Waals surface area contributed by atoms with Crippen LogP contribution >= 0.6 is 0 Å². The van der Waals surface area contributed by atoms with Crippen molar-refractivity contribution in [3.63, 3.8) is 0 Å². The molecule has 0 aromatic rings. The molecule has 2 heterocycles. The van der Waals surface area contributed by atoms with Crippen LogP contribution in [0, 0.1) is 0 Å². The van der Waals surface area contributed by atoms with Crippen molar-refractivity contribution in [3.8, 4) is 0 Å². The number of hydrogen-bond acceptors (Lipinski definition) is 6. The average molecular weight is 523 g/mol. The minimum absolute atomic E-state index is 0.239. The van der Waals surface area contributed by atoms with Gasteiger partial charge >= 0.3 is 183 Å². The Bertz CT molecular complexity index is 430. The van der Waals surface area contributed by atoms with Crippen molar-refractivity contribution in [1.82, 2.24) is 0 Å². The molecule has 0 aliphatic carbocycles. The summed E-state index contributed by atoms with van der Waals surface area (Å²) in [6.07, 6.45) is 8.75. The second kappa shape index (κ2) is 13.9. The Hall–Kier alpha value is 0.559. The van der Waals surface area contributed by atoms with Crippen molar-refractivity contribution in [2.75, 3.05) is 13.2 Å². The molecule has 29 heavy (non-hydrogen) atoms. The number of unbranched alkanes of at least 4 members (excludes halogenated alkanes) is 7. The predicted molar refractivity (Wildman–Crippen MR) is 116 cm³/mol. The SMILES string of the molecule is CCCCCCCCO[C@@H]1O[C@H](CO)[C@H](O)[C@@H]2[O][Sn]([CH2]CCC)([CH2]CCC)[O][C@@H]12. The third kappa shape index (κ3) is 7.58. The van der Waals surface area contributed by atoms with Crippen molar-refractivity contribution in [2.24, 2.45) is 0 Å². The van der Waals surface area contributed by atoms with E-state index in [1.165, 1.54) is 25.7 Å². The first-order chi connectivity index (χ1) is 14.1. The predicted octanol–water partition coefficient (Wildman–Crippen LogP) is 4.27. The van der Waals surface area contributed by atoms with Gasteiger partial charge in [0.25, 0.3) is 0 Å². The van der Waals surface area contributed by atoms with Gasteiger partial charge in [0.2, 0.25) is 0 Å². The molecule has 2 N–H and O–H groups in total. The van der Waals surface area contributed by atoms with Gasteiger partial charge in [-0.05, 0) is 0 Å². The molecule has 0 spiro atoms. The van der Waals surface area contributed by atoms with Crippen LogP contribution in [0.15, 0.2) is 0 Å². The van der Waals surface area contributed by atoms with Crippen LogP contribution < -0.4 is 0 Å². The monoisotopic (exact) mass is 524 g/mol. The molecule has 2 rings (SSSR count). The summed E-state index contributed by atoms with van der Waals surface area (Å²) in [6.45, 7) is 6.98. The average Bonchev–Trinajstić information content (AvgIpc) is 3.12. The molecule has 0 saturated carbocycles. The molecule has 0 bridgehead atoms. The Balaban J connectivity index is 1.97. The van der Waals surface area contributed by atoms with Crippen molar-refractivity contribution in [3.05, 3.63) is 0 Å². The van der Waals surface area contributed by atoms with Crippen LogP contribution in [0.3, 0.4) is 0 Å². The Kier molecular flexibility index (Phi) is 12.3. The van der Waals surface area contributed by atoms with E-state index in [4.69, 9.17) is 15.6 Å². The van der Waals surface area contributed by atoms with Gasteiger partial charge in [0.1, 0.15) is 0 Å². The van der Waals surface area contributed by atoms with Gasteiger partial charge < -0.3 is 0 Å². The van der Waals surface area contributed by atoms with Gasteiger partial charge in [-0.2, -0.15) is 0 Å². The van der Waals surface area contributed by atoms with E-state index >= 15 is 0 Å². The molecule has 0 unspecified atom stereocenters. The zero-order chi connectivity index (χ0) is 21.1. The second-order valence-corrected chi connectivity index (χ2v) is 18.0. The number of hydrogen-bond donors (Lipinski definition) is 2. The van der Waals surface area contributed by atoms with E-state index in [1.54, 1.807) is 0 Å². The number of ether oxygens (including phenoxy) is 2. The van der Waals surface area contributed by atoms with Crippen LogP contribution in [0.1, 0.15) is 85.0 Å². The molecule has 0 radical (unpaired) electrons. The summed E-state index contributed by atoms with van der Waals surface area (Å²) in [5.74, 6) is 0. The molecule has 0 amide bonds. The van der Waals surface area contributed by atoms with Crippen LogP contribution in [0.4, 0.5) is 0 Å². The summed E-state index contributed by atoms with van der Waals surface area (Å²) in [4.78, 5) is 0. The number of aliphatic hydroxyl groups excluding tert-OH is 2. The standard InChI is InChI=1S/C14H26O6.2C4H9.Sn/c1-2-3-4-5-6-7-8-19-14-13(18)12(17)11(16)10(9-15)20-14;2*1-3-4-2;/h10-16H,2-9H2,1H3;2*1,3-4H2,2H3;/q-2;;;+2/t10-,11+,12+,13-,14-;;;/m1.../s1. The third-order valence-electron chi connectivity index (χ3n) is 6.10. The van der Waals surface area contributed by atoms with E-state index in [2.05, 4.69) is 20.8 Å². The third-order valence-corrected chi connectivity index (χ3v) is 16.5. The van der Waals surface area contributed by atoms with Gasteiger partial charge in [0, 0.05) is 0 Å². The first-order valence-electron chi connectivity index (χ1n) is 12.0. The Morgan fingerprint density at radius 1 is 0.793 bits per heavy atom. The van der Waals surface area contributed by atoms with Crippen molar-refractivity contribution < 1.29 is 25.8 Å². The summed E-state index contributed by atoms with van der Waals surface area (Å²) in [5.41, 5.74) is 0. The first-order valence-corrected chi connectivity index (χ1v) is 18.4. The summed E-state index contributed by atoms with van der Waals surface area (Å²) >= 11 is -3.28. The molecule has 2 saturated heterocycles. The quantitative estimate of drug-likeness (QED) is 0.247. The first kappa shape index (κ1) is 25.8. The Morgan fingerprint density at radius 2 is 1.38 bits per heavy atom.